The smallest absolute Gasteiger partial charge is 0.124 e. The minimum absolute atomic E-state index is 0.467. The van der Waals surface area contributed by atoms with Crippen LogP contribution in [0.2, 0.25) is 0 Å². The van der Waals surface area contributed by atoms with Crippen molar-refractivity contribution >= 4 is 5.69 Å². The Morgan fingerprint density at radius 2 is 2.15 bits per heavy atom. The molecule has 4 heteroatoms. The van der Waals surface area contributed by atoms with Crippen molar-refractivity contribution in [2.45, 2.75) is 19.6 Å². The normalized spacial score (nSPS) is 14.8. The van der Waals surface area contributed by atoms with E-state index in [1.54, 1.807) is 19.3 Å². The maximum atomic E-state index is 9.73. The van der Waals surface area contributed by atoms with Crippen molar-refractivity contribution in [3.05, 3.63) is 47.8 Å². The number of hydrogen-bond donors (Lipinski definition) is 1. The van der Waals surface area contributed by atoms with E-state index >= 15 is 0 Å². The van der Waals surface area contributed by atoms with Crippen LogP contribution in [0.3, 0.4) is 0 Å². The van der Waals surface area contributed by atoms with Crippen LogP contribution in [0.15, 0.2) is 36.7 Å². The van der Waals surface area contributed by atoms with Gasteiger partial charge in [0.1, 0.15) is 12.3 Å². The fourth-order valence-corrected chi connectivity index (χ4v) is 2.65. The van der Waals surface area contributed by atoms with Crippen LogP contribution in [0.1, 0.15) is 18.1 Å². The molecule has 100 valence electrons. The second-order valence-corrected chi connectivity index (χ2v) is 4.99. The number of benzene rings is 1. The van der Waals surface area contributed by atoms with Crippen LogP contribution in [-0.4, -0.2) is 22.9 Å². The number of pyridine rings is 1. The molecule has 0 aliphatic carbocycles. The molecule has 1 aliphatic rings. The van der Waals surface area contributed by atoms with Crippen LogP contribution in [0.5, 0.6) is 0 Å². The molecular weight excluding hydrogens is 250 g/mol. The highest BCUT2D eigenvalue weighted by atomic mass is 16.3. The Hall–Kier alpha value is -2.38. The molecule has 0 saturated heterocycles. The third-order valence-corrected chi connectivity index (χ3v) is 3.66. The molecule has 3 rings (SSSR count). The fraction of sp³-hybridized carbons (Fsp3) is 0.250. The van der Waals surface area contributed by atoms with Crippen molar-refractivity contribution in [2.24, 2.45) is 0 Å². The maximum Gasteiger partial charge on any atom is 0.124 e. The molecule has 1 aromatic heterocycles. The summed E-state index contributed by atoms with van der Waals surface area (Å²) in [5.74, 6) is 0. The molecule has 0 saturated carbocycles. The third kappa shape index (κ3) is 2.13. The molecule has 1 N–H and O–H groups in total. The van der Waals surface area contributed by atoms with Crippen molar-refractivity contribution in [1.82, 2.24) is 4.98 Å². The Morgan fingerprint density at radius 3 is 2.90 bits per heavy atom. The average Bonchev–Trinajstić information content (AvgIpc) is 2.90. The lowest BCUT2D eigenvalue weighted by Crippen LogP contribution is -2.30. The Morgan fingerprint density at radius 1 is 1.30 bits per heavy atom. The first-order valence-electron chi connectivity index (χ1n) is 6.62. The first-order valence-corrected chi connectivity index (χ1v) is 6.62. The van der Waals surface area contributed by atoms with Crippen molar-refractivity contribution < 1.29 is 5.11 Å². The number of hydrogen-bond acceptors (Lipinski definition) is 4. The van der Waals surface area contributed by atoms with E-state index in [1.165, 1.54) is 5.56 Å². The van der Waals surface area contributed by atoms with Crippen LogP contribution in [0.25, 0.3) is 11.1 Å². The van der Waals surface area contributed by atoms with Gasteiger partial charge in [-0.2, -0.15) is 5.26 Å². The molecule has 1 atom stereocenters. The minimum atomic E-state index is -0.467. The van der Waals surface area contributed by atoms with Gasteiger partial charge in [0.05, 0.1) is 5.56 Å². The standard InChI is InChI=1S/C16H15N3O/c1-11(20)19-5-4-14-7-13(2-3-16(14)19)15-6-12(8-17)9-18-10-15/h2-3,6-7,9-11,20H,4-5H2,1H3. The number of rotatable bonds is 2. The lowest BCUT2D eigenvalue weighted by Gasteiger charge is -2.22. The molecule has 2 aromatic rings. The summed E-state index contributed by atoms with van der Waals surface area (Å²) in [5, 5.41) is 18.7. The lowest BCUT2D eigenvalue weighted by molar-refractivity contribution is 0.191. The zero-order valence-electron chi connectivity index (χ0n) is 11.2. The summed E-state index contributed by atoms with van der Waals surface area (Å²) >= 11 is 0. The van der Waals surface area contributed by atoms with E-state index in [0.717, 1.165) is 29.8 Å². The topological polar surface area (TPSA) is 60.1 Å². The summed E-state index contributed by atoms with van der Waals surface area (Å²) in [4.78, 5) is 6.08. The van der Waals surface area contributed by atoms with Crippen molar-refractivity contribution in [3.8, 4) is 17.2 Å². The highest BCUT2D eigenvalue weighted by molar-refractivity contribution is 5.71. The number of nitriles is 1. The number of anilines is 1. The Kier molecular flexibility index (Phi) is 3.13. The summed E-state index contributed by atoms with van der Waals surface area (Å²) in [6, 6.07) is 10.1. The second kappa shape index (κ2) is 4.95. The van der Waals surface area contributed by atoms with Gasteiger partial charge < -0.3 is 10.0 Å². The van der Waals surface area contributed by atoms with Gasteiger partial charge in [0.15, 0.2) is 0 Å². The van der Waals surface area contributed by atoms with E-state index in [2.05, 4.69) is 17.1 Å². The monoisotopic (exact) mass is 265 g/mol. The third-order valence-electron chi connectivity index (χ3n) is 3.66. The zero-order valence-corrected chi connectivity index (χ0v) is 11.2. The molecule has 0 spiro atoms. The van der Waals surface area contributed by atoms with Gasteiger partial charge in [0.25, 0.3) is 0 Å². The molecule has 4 nitrogen and oxygen atoms in total. The van der Waals surface area contributed by atoms with Gasteiger partial charge in [-0.3, -0.25) is 4.98 Å². The summed E-state index contributed by atoms with van der Waals surface area (Å²) in [7, 11) is 0. The molecule has 0 radical (unpaired) electrons. The Bertz CT molecular complexity index is 688. The number of aromatic nitrogens is 1. The van der Waals surface area contributed by atoms with Gasteiger partial charge >= 0.3 is 0 Å². The molecular formula is C16H15N3O. The van der Waals surface area contributed by atoms with Crippen LogP contribution in [0, 0.1) is 11.3 Å². The highest BCUT2D eigenvalue weighted by Crippen LogP contribution is 2.33. The van der Waals surface area contributed by atoms with Gasteiger partial charge in [-0.15, -0.1) is 0 Å². The fourth-order valence-electron chi connectivity index (χ4n) is 2.65. The number of fused-ring (bicyclic) bond motifs is 1. The van der Waals surface area contributed by atoms with E-state index < -0.39 is 6.23 Å². The zero-order chi connectivity index (χ0) is 14.1. The predicted octanol–water partition coefficient (Wildman–Crippen LogP) is 2.32. The first kappa shape index (κ1) is 12.6. The lowest BCUT2D eigenvalue weighted by atomic mass is 10.0. The van der Waals surface area contributed by atoms with Gasteiger partial charge in [0.2, 0.25) is 0 Å². The van der Waals surface area contributed by atoms with E-state index in [1.807, 2.05) is 23.1 Å². The van der Waals surface area contributed by atoms with E-state index in [4.69, 9.17) is 5.26 Å². The molecule has 0 amide bonds. The quantitative estimate of drug-likeness (QED) is 0.905. The summed E-state index contributed by atoms with van der Waals surface area (Å²) in [5.41, 5.74) is 4.88. The van der Waals surface area contributed by atoms with Crippen LogP contribution in [-0.2, 0) is 6.42 Å². The minimum Gasteiger partial charge on any atom is -0.374 e. The molecule has 20 heavy (non-hydrogen) atoms. The molecule has 1 aromatic carbocycles. The van der Waals surface area contributed by atoms with Gasteiger partial charge in [-0.05, 0) is 42.7 Å². The first-order chi connectivity index (χ1) is 9.69. The molecule has 2 heterocycles. The maximum absolute atomic E-state index is 9.73. The molecule has 0 fully saturated rings. The van der Waals surface area contributed by atoms with E-state index in [-0.39, 0.29) is 0 Å². The SMILES string of the molecule is CC(O)N1CCc2cc(-c3cncc(C#N)c3)ccc21. The average molecular weight is 265 g/mol. The van der Waals surface area contributed by atoms with Crippen molar-refractivity contribution in [2.75, 3.05) is 11.4 Å². The van der Waals surface area contributed by atoms with Gasteiger partial charge in [0, 0.05) is 30.2 Å². The van der Waals surface area contributed by atoms with Crippen molar-refractivity contribution in [3.63, 3.8) is 0 Å². The Labute approximate surface area is 117 Å². The Balaban J connectivity index is 2.00. The molecule has 1 unspecified atom stereocenters. The summed E-state index contributed by atoms with van der Waals surface area (Å²) in [6.45, 7) is 2.62. The van der Waals surface area contributed by atoms with Gasteiger partial charge in [-0.1, -0.05) is 6.07 Å². The van der Waals surface area contributed by atoms with Gasteiger partial charge in [-0.25, -0.2) is 0 Å². The number of nitrogens with zero attached hydrogens (tertiary/aromatic N) is 3. The second-order valence-electron chi connectivity index (χ2n) is 4.99. The van der Waals surface area contributed by atoms with Crippen molar-refractivity contribution in [1.29, 1.82) is 5.26 Å². The van der Waals surface area contributed by atoms with E-state index in [9.17, 15) is 5.11 Å². The van der Waals surface area contributed by atoms with E-state index in [0.29, 0.717) is 5.56 Å². The summed E-state index contributed by atoms with van der Waals surface area (Å²) in [6.07, 6.45) is 3.79. The van der Waals surface area contributed by atoms with Crippen LogP contribution >= 0.6 is 0 Å². The van der Waals surface area contributed by atoms with Crippen LogP contribution in [0.4, 0.5) is 5.69 Å². The summed E-state index contributed by atoms with van der Waals surface area (Å²) < 4.78 is 0. The molecule has 1 aliphatic heterocycles. The molecule has 0 bridgehead atoms. The van der Waals surface area contributed by atoms with Crippen LogP contribution < -0.4 is 4.90 Å². The number of aliphatic hydroxyl groups excluding tert-OH is 1. The largest absolute Gasteiger partial charge is 0.374 e. The predicted molar refractivity (Wildman–Crippen MR) is 77.1 cm³/mol. The highest BCUT2D eigenvalue weighted by Gasteiger charge is 2.22. The number of aliphatic hydroxyl groups is 1.